The summed E-state index contributed by atoms with van der Waals surface area (Å²) in [6.07, 6.45) is 12.7. The van der Waals surface area contributed by atoms with Crippen molar-refractivity contribution >= 4 is 28.4 Å². The molecule has 30 heavy (non-hydrogen) atoms. The van der Waals surface area contributed by atoms with E-state index in [1.807, 2.05) is 13.0 Å². The number of aromatic hydroxyl groups is 1. The van der Waals surface area contributed by atoms with Gasteiger partial charge in [0.25, 0.3) is 0 Å². The lowest BCUT2D eigenvalue weighted by atomic mass is 9.91. The molecule has 1 saturated heterocycles. The summed E-state index contributed by atoms with van der Waals surface area (Å²) in [5.74, 6) is 0.0165. The van der Waals surface area contributed by atoms with Gasteiger partial charge in [-0.25, -0.2) is 0 Å². The van der Waals surface area contributed by atoms with Gasteiger partial charge in [-0.2, -0.15) is 0 Å². The second-order valence-corrected chi connectivity index (χ2v) is 8.46. The van der Waals surface area contributed by atoms with Gasteiger partial charge in [0.15, 0.2) is 0 Å². The minimum absolute atomic E-state index is 0.0462. The van der Waals surface area contributed by atoms with E-state index in [9.17, 15) is 9.90 Å². The first kappa shape index (κ1) is 20.9. The molecule has 0 spiro atoms. The van der Waals surface area contributed by atoms with Crippen LogP contribution in [0.25, 0.3) is 10.9 Å². The van der Waals surface area contributed by atoms with Crippen molar-refractivity contribution in [3.8, 4) is 5.75 Å². The van der Waals surface area contributed by atoms with Gasteiger partial charge in [-0.3, -0.25) is 14.7 Å². The Morgan fingerprint density at radius 1 is 1.40 bits per heavy atom. The van der Waals surface area contributed by atoms with E-state index >= 15 is 0 Å². The minimum Gasteiger partial charge on any atom is -0.505 e. The fourth-order valence-electron chi connectivity index (χ4n) is 4.41. The summed E-state index contributed by atoms with van der Waals surface area (Å²) in [6, 6.07) is 5.30. The van der Waals surface area contributed by atoms with Crippen LogP contribution in [-0.2, 0) is 4.79 Å². The van der Waals surface area contributed by atoms with Gasteiger partial charge in [0.2, 0.25) is 5.91 Å². The summed E-state index contributed by atoms with van der Waals surface area (Å²) in [4.78, 5) is 19.3. The Labute approximate surface area is 182 Å². The van der Waals surface area contributed by atoms with Crippen LogP contribution < -0.4 is 5.32 Å². The summed E-state index contributed by atoms with van der Waals surface area (Å²) in [6.45, 7) is 4.26. The van der Waals surface area contributed by atoms with Gasteiger partial charge in [0.05, 0.1) is 11.1 Å². The number of fused-ring (bicyclic) bond motifs is 1. The van der Waals surface area contributed by atoms with Crippen molar-refractivity contribution in [1.82, 2.24) is 15.2 Å². The number of carbonyl (C=O) groups is 1. The Bertz CT molecular complexity index is 995. The Morgan fingerprint density at radius 3 is 2.90 bits per heavy atom. The van der Waals surface area contributed by atoms with Gasteiger partial charge in [-0.1, -0.05) is 36.8 Å². The Balaban J connectivity index is 1.69. The molecule has 2 heterocycles. The van der Waals surface area contributed by atoms with E-state index in [0.29, 0.717) is 34.0 Å². The number of likely N-dealkylation sites (tertiary alicyclic amines) is 1. The highest BCUT2D eigenvalue weighted by atomic mass is 35.5. The van der Waals surface area contributed by atoms with E-state index in [-0.39, 0.29) is 11.7 Å². The topological polar surface area (TPSA) is 65.5 Å². The molecular weight excluding hydrogens is 398 g/mol. The molecule has 1 aliphatic carbocycles. The maximum absolute atomic E-state index is 12.5. The molecule has 158 valence electrons. The molecule has 0 radical (unpaired) electrons. The number of hydrogen-bond donors (Lipinski definition) is 2. The number of rotatable bonds is 6. The Morgan fingerprint density at radius 2 is 2.20 bits per heavy atom. The van der Waals surface area contributed by atoms with Gasteiger partial charge in [-0.15, -0.1) is 0 Å². The van der Waals surface area contributed by atoms with Crippen LogP contribution >= 0.6 is 11.6 Å². The number of hydrogen-bond acceptors (Lipinski definition) is 4. The predicted molar refractivity (Wildman–Crippen MR) is 121 cm³/mol. The first-order valence-corrected chi connectivity index (χ1v) is 11.1. The molecule has 4 rings (SSSR count). The number of nitrogens with zero attached hydrogens (tertiary/aromatic N) is 2. The number of carbonyl (C=O) groups excluding carboxylic acids is 1. The lowest BCUT2D eigenvalue weighted by Gasteiger charge is -2.29. The normalized spacial score (nSPS) is 20.3. The van der Waals surface area contributed by atoms with Crippen molar-refractivity contribution in [3.05, 3.63) is 58.8 Å². The maximum Gasteiger partial charge on any atom is 0.220 e. The quantitative estimate of drug-likeness (QED) is 0.690. The third-order valence-corrected chi connectivity index (χ3v) is 6.30. The number of halogens is 1. The molecule has 2 aliphatic rings. The number of pyridine rings is 1. The van der Waals surface area contributed by atoms with Crippen LogP contribution in [0.1, 0.15) is 50.6 Å². The number of nitrogens with one attached hydrogen (secondary N) is 1. The molecule has 6 heteroatoms. The number of phenols is 1. The molecule has 5 nitrogen and oxygen atoms in total. The Kier molecular flexibility index (Phi) is 6.40. The van der Waals surface area contributed by atoms with Crippen molar-refractivity contribution in [2.75, 3.05) is 13.1 Å². The highest BCUT2D eigenvalue weighted by molar-refractivity contribution is 6.35. The number of phenolic OH excluding ortho intramolecular Hbond substituents is 1. The predicted octanol–water partition coefficient (Wildman–Crippen LogP) is 4.90. The maximum atomic E-state index is 12.5. The Hall–Kier alpha value is -2.37. The van der Waals surface area contributed by atoms with Gasteiger partial charge < -0.3 is 10.4 Å². The zero-order valence-electron chi connectivity index (χ0n) is 17.3. The smallest absolute Gasteiger partial charge is 0.220 e. The molecular formula is C24H28ClN3O2. The van der Waals surface area contributed by atoms with Crippen LogP contribution in [0.15, 0.2) is 48.2 Å². The first-order valence-electron chi connectivity index (χ1n) is 10.8. The van der Waals surface area contributed by atoms with Crippen LogP contribution in [0, 0.1) is 0 Å². The monoisotopic (exact) mass is 425 g/mol. The average Bonchev–Trinajstić information content (AvgIpc) is 3.30. The molecule has 2 atom stereocenters. The average molecular weight is 426 g/mol. The molecule has 1 aliphatic heterocycles. The van der Waals surface area contributed by atoms with Crippen molar-refractivity contribution in [2.45, 2.75) is 51.1 Å². The second kappa shape index (κ2) is 9.19. The van der Waals surface area contributed by atoms with Crippen molar-refractivity contribution in [1.29, 1.82) is 0 Å². The fourth-order valence-corrected chi connectivity index (χ4v) is 4.68. The van der Waals surface area contributed by atoms with E-state index in [0.717, 1.165) is 31.5 Å². The van der Waals surface area contributed by atoms with Crippen LogP contribution in [0.5, 0.6) is 5.75 Å². The summed E-state index contributed by atoms with van der Waals surface area (Å²) in [7, 11) is 0. The molecule has 2 aromatic rings. The minimum atomic E-state index is -0.469. The molecule has 1 aromatic carbocycles. The van der Waals surface area contributed by atoms with Crippen LogP contribution in [0.4, 0.5) is 0 Å². The zero-order chi connectivity index (χ0) is 21.1. The van der Waals surface area contributed by atoms with Crippen molar-refractivity contribution in [3.63, 3.8) is 0 Å². The highest BCUT2D eigenvalue weighted by Gasteiger charge is 2.27. The van der Waals surface area contributed by atoms with Crippen molar-refractivity contribution in [2.24, 2.45) is 0 Å². The number of amides is 1. The number of benzene rings is 1. The second-order valence-electron chi connectivity index (χ2n) is 8.06. The summed E-state index contributed by atoms with van der Waals surface area (Å²) < 4.78 is 0. The van der Waals surface area contributed by atoms with E-state index in [4.69, 9.17) is 11.6 Å². The highest BCUT2D eigenvalue weighted by Crippen LogP contribution is 2.39. The van der Waals surface area contributed by atoms with E-state index < -0.39 is 6.04 Å². The molecule has 0 bridgehead atoms. The van der Waals surface area contributed by atoms with Gasteiger partial charge >= 0.3 is 0 Å². The molecule has 1 amide bonds. The molecule has 1 aromatic heterocycles. The van der Waals surface area contributed by atoms with Gasteiger partial charge in [0.1, 0.15) is 11.3 Å². The summed E-state index contributed by atoms with van der Waals surface area (Å²) >= 11 is 6.52. The van der Waals surface area contributed by atoms with Crippen molar-refractivity contribution < 1.29 is 9.90 Å². The summed E-state index contributed by atoms with van der Waals surface area (Å²) in [5.41, 5.74) is 1.99. The molecule has 2 N–H and O–H groups in total. The van der Waals surface area contributed by atoms with Gasteiger partial charge in [0, 0.05) is 29.6 Å². The third kappa shape index (κ3) is 4.23. The standard InChI is InChI=1S/C24H28ClN3O2/c1-2-6-21(29)27-22(16-8-10-17(11-9-16)28-13-3-4-14-28)19-15-20(25)18-7-5-12-26-23(18)24(19)30/h5,7-10,12,15,17,22,30H,2-4,6,11,13-14H2,1H3,(H,27,29). The van der Waals surface area contributed by atoms with E-state index in [1.165, 1.54) is 12.8 Å². The molecule has 1 fully saturated rings. The summed E-state index contributed by atoms with van der Waals surface area (Å²) in [5, 5.41) is 15.3. The zero-order valence-corrected chi connectivity index (χ0v) is 18.0. The molecule has 0 saturated carbocycles. The largest absolute Gasteiger partial charge is 0.505 e. The van der Waals surface area contributed by atoms with E-state index in [2.05, 4.69) is 33.4 Å². The number of aromatic nitrogens is 1. The third-order valence-electron chi connectivity index (χ3n) is 5.99. The van der Waals surface area contributed by atoms with E-state index in [1.54, 1.807) is 18.3 Å². The lowest BCUT2D eigenvalue weighted by molar-refractivity contribution is -0.121. The van der Waals surface area contributed by atoms with Crippen LogP contribution in [0.2, 0.25) is 5.02 Å². The first-order chi connectivity index (χ1) is 14.6. The SMILES string of the molecule is CCCC(=O)NC(C1=CCC(N2CCCC2)C=C1)c1cc(Cl)c2cccnc2c1O. The van der Waals surface area contributed by atoms with Gasteiger partial charge in [-0.05, 0) is 62.5 Å². The van der Waals surface area contributed by atoms with Crippen LogP contribution in [0.3, 0.4) is 0 Å². The van der Waals surface area contributed by atoms with Crippen LogP contribution in [-0.4, -0.2) is 40.0 Å². The fraction of sp³-hybridized carbons (Fsp3) is 0.417. The lowest BCUT2D eigenvalue weighted by Crippen LogP contribution is -2.33. The molecule has 2 unspecified atom stereocenters.